The standard InChI is InChI=1S/C66H46O38/c67-19-1-32(74)57(33(75)2-19)96-21-5-36(78)59(37(79)6-21)101-45-16-29(71)50(88)54(92)64(45)98-23-9-40(82)61(41(83)10-23)103-47-18-31(73)52(90)56(94)66(47)100-25-13-42(84)62(43(85)14-25)104-46-17-30(72)51(89)55(93)65(46)99-24-11-38(80)60(39(81)12-24)102-44-15-28(70)49(87)53(91)63(44)97-22-7-34(76)58(35(77)8-22)95-20-3-26(68)48(86)27(69)4-20/h1-18,67-94H. The molecule has 11 aromatic rings. The first-order chi connectivity index (χ1) is 49.0. The van der Waals surface area contributed by atoms with Crippen LogP contribution in [0.5, 0.6) is 276 Å². The summed E-state index contributed by atoms with van der Waals surface area (Å²) in [7, 11) is 0. The van der Waals surface area contributed by atoms with E-state index in [1.807, 2.05) is 0 Å². The second-order valence-electron chi connectivity index (χ2n) is 21.3. The molecule has 38 heteroatoms. The average Bonchev–Trinajstić information content (AvgIpc) is 0.784. The molecule has 0 unspecified atom stereocenters. The molecule has 104 heavy (non-hydrogen) atoms. The second kappa shape index (κ2) is 26.3. The molecule has 0 aliphatic heterocycles. The lowest BCUT2D eigenvalue weighted by molar-refractivity contribution is 0.317. The predicted octanol–water partition coefficient (Wildman–Crippen LogP) is 11.4. The van der Waals surface area contributed by atoms with E-state index in [4.69, 9.17) is 47.4 Å². The molecule has 0 aliphatic carbocycles. The molecule has 0 saturated heterocycles. The number of phenols is 28. The SMILES string of the molecule is Oc1cc(O)c(Oc2cc(O)c(Oc3cc(O)c(O)c(O)c3Oc3cc(O)c(Oc4cc(O)c(O)c(O)c4Oc4cc(O)c(Oc5cc(O)c(O)c(O)c5Oc5cc(O)c(Oc6cc(O)c(O)c(O)c6Oc6cc(O)c(Oc7cc(O)c(O)c(O)c7)c(O)c6)c(O)c5)c(O)c4)c(O)c3)c(O)c2)c(O)c1. The van der Waals surface area contributed by atoms with Crippen molar-refractivity contribution >= 4 is 0 Å². The molecular formula is C66H46O38. The van der Waals surface area contributed by atoms with Crippen LogP contribution < -0.4 is 47.4 Å². The van der Waals surface area contributed by atoms with Crippen LogP contribution in [0.25, 0.3) is 0 Å². The van der Waals surface area contributed by atoms with Crippen molar-refractivity contribution in [3.63, 3.8) is 0 Å². The van der Waals surface area contributed by atoms with E-state index in [2.05, 4.69) is 0 Å². The van der Waals surface area contributed by atoms with Crippen LogP contribution in [0.1, 0.15) is 0 Å². The monoisotopic (exact) mass is 1450 g/mol. The average molecular weight is 1450 g/mol. The molecule has 0 aromatic heterocycles. The highest BCUT2D eigenvalue weighted by Gasteiger charge is 2.32. The summed E-state index contributed by atoms with van der Waals surface area (Å²) >= 11 is 0. The van der Waals surface area contributed by atoms with Crippen LogP contribution in [0.4, 0.5) is 0 Å². The van der Waals surface area contributed by atoms with Crippen LogP contribution in [0.15, 0.2) is 109 Å². The molecule has 0 radical (unpaired) electrons. The van der Waals surface area contributed by atoms with Gasteiger partial charge >= 0.3 is 0 Å². The van der Waals surface area contributed by atoms with Gasteiger partial charge in [-0.05, 0) is 0 Å². The number of rotatable bonds is 20. The van der Waals surface area contributed by atoms with Gasteiger partial charge < -0.3 is 190 Å². The maximum Gasteiger partial charge on any atom is 0.215 e. The molecule has 0 atom stereocenters. The van der Waals surface area contributed by atoms with E-state index in [0.29, 0.717) is 60.7 Å². The zero-order valence-corrected chi connectivity index (χ0v) is 51.0. The minimum Gasteiger partial charge on any atom is -0.508 e. The van der Waals surface area contributed by atoms with Gasteiger partial charge in [-0.3, -0.25) is 0 Å². The van der Waals surface area contributed by atoms with Crippen molar-refractivity contribution in [2.24, 2.45) is 0 Å². The van der Waals surface area contributed by atoms with E-state index in [1.54, 1.807) is 0 Å². The van der Waals surface area contributed by atoms with Crippen molar-refractivity contribution in [3.8, 4) is 276 Å². The number of benzene rings is 11. The normalized spacial score (nSPS) is 11.0. The minimum atomic E-state index is -1.36. The van der Waals surface area contributed by atoms with Gasteiger partial charge in [-0.25, -0.2) is 0 Å². The summed E-state index contributed by atoms with van der Waals surface area (Å²) in [6, 6.07) is 12.4. The van der Waals surface area contributed by atoms with Crippen LogP contribution >= 0.6 is 0 Å². The lowest BCUT2D eigenvalue weighted by atomic mass is 10.2. The Morgan fingerprint density at radius 2 is 0.269 bits per heavy atom. The molecule has 28 N–H and O–H groups in total. The third-order valence-corrected chi connectivity index (χ3v) is 14.1. The molecule has 0 fully saturated rings. The third kappa shape index (κ3) is 13.3. The lowest BCUT2D eigenvalue weighted by Gasteiger charge is -2.19. The van der Waals surface area contributed by atoms with Crippen molar-refractivity contribution < 1.29 is 190 Å². The van der Waals surface area contributed by atoms with Crippen molar-refractivity contribution in [1.29, 1.82) is 0 Å². The summed E-state index contributed by atoms with van der Waals surface area (Å²) in [6.45, 7) is 0. The zero-order chi connectivity index (χ0) is 75.5. The van der Waals surface area contributed by atoms with E-state index in [-0.39, 0.29) is 0 Å². The molecule has 11 rings (SSSR count). The van der Waals surface area contributed by atoms with E-state index in [1.165, 1.54) is 0 Å². The molecule has 38 nitrogen and oxygen atoms in total. The Hall–Kier alpha value is -16.2. The predicted molar refractivity (Wildman–Crippen MR) is 338 cm³/mol. The highest BCUT2D eigenvalue weighted by Crippen LogP contribution is 2.61. The van der Waals surface area contributed by atoms with Crippen molar-refractivity contribution in [1.82, 2.24) is 0 Å². The highest BCUT2D eigenvalue weighted by molar-refractivity contribution is 5.73. The molecule has 0 bridgehead atoms. The molecule has 0 spiro atoms. The van der Waals surface area contributed by atoms with Gasteiger partial charge in [0.25, 0.3) is 0 Å². The van der Waals surface area contributed by atoms with Gasteiger partial charge in [0.1, 0.15) is 40.2 Å². The quantitative estimate of drug-likeness (QED) is 0.0315. The molecule has 0 aliphatic rings. The molecule has 538 valence electrons. The fourth-order valence-electron chi connectivity index (χ4n) is 9.27. The van der Waals surface area contributed by atoms with Crippen LogP contribution in [-0.4, -0.2) is 143 Å². The van der Waals surface area contributed by atoms with Gasteiger partial charge in [0.15, 0.2) is 126 Å². The Labute approximate surface area is 573 Å². The Balaban J connectivity index is 0.819. The molecule has 0 amide bonds. The highest BCUT2D eigenvalue weighted by atomic mass is 16.6. The molecule has 0 heterocycles. The largest absolute Gasteiger partial charge is 0.508 e. The van der Waals surface area contributed by atoms with Gasteiger partial charge in [-0.1, -0.05) is 0 Å². The van der Waals surface area contributed by atoms with E-state index in [9.17, 15) is 143 Å². The first kappa shape index (κ1) is 69.2. The summed E-state index contributed by atoms with van der Waals surface area (Å²) in [5.41, 5.74) is 0. The Morgan fingerprint density at radius 3 is 0.462 bits per heavy atom. The Kier molecular flexibility index (Phi) is 17.5. The fraction of sp³-hybridized carbons (Fsp3) is 0. The number of hydrogen-bond donors (Lipinski definition) is 28. The number of ether oxygens (including phenoxy) is 10. The van der Waals surface area contributed by atoms with E-state index in [0.717, 1.165) is 48.5 Å². The first-order valence-electron chi connectivity index (χ1n) is 28.2. The van der Waals surface area contributed by atoms with Crippen molar-refractivity contribution in [2.75, 3.05) is 0 Å². The molecule has 11 aromatic carbocycles. The van der Waals surface area contributed by atoms with Crippen LogP contribution in [0, 0.1) is 0 Å². The minimum absolute atomic E-state index is 0.408. The van der Waals surface area contributed by atoms with Gasteiger partial charge in [0.05, 0.1) is 0 Å². The van der Waals surface area contributed by atoms with Crippen LogP contribution in [0.3, 0.4) is 0 Å². The Morgan fingerprint density at radius 1 is 0.125 bits per heavy atom. The topological polar surface area (TPSA) is 659 Å². The fourth-order valence-corrected chi connectivity index (χ4v) is 9.27. The van der Waals surface area contributed by atoms with Crippen LogP contribution in [0.2, 0.25) is 0 Å². The molecular weight excluding hydrogens is 1400 g/mol. The van der Waals surface area contributed by atoms with E-state index < -0.39 is 276 Å². The van der Waals surface area contributed by atoms with Gasteiger partial charge in [0, 0.05) is 109 Å². The first-order valence-corrected chi connectivity index (χ1v) is 28.2. The molecule has 0 saturated carbocycles. The zero-order valence-electron chi connectivity index (χ0n) is 51.0. The summed E-state index contributed by atoms with van der Waals surface area (Å²) in [6.07, 6.45) is 0. The maximum atomic E-state index is 11.3. The summed E-state index contributed by atoms with van der Waals surface area (Å²) in [4.78, 5) is 0. The Bertz CT molecular complexity index is 5180. The second-order valence-corrected chi connectivity index (χ2v) is 21.3. The van der Waals surface area contributed by atoms with E-state index >= 15 is 0 Å². The van der Waals surface area contributed by atoms with Crippen molar-refractivity contribution in [2.45, 2.75) is 0 Å². The number of phenolic OH excluding ortho intramolecular Hbond substituents is 28. The third-order valence-electron chi connectivity index (χ3n) is 14.1. The van der Waals surface area contributed by atoms with Gasteiger partial charge in [-0.15, -0.1) is 0 Å². The van der Waals surface area contributed by atoms with Crippen molar-refractivity contribution in [3.05, 3.63) is 109 Å². The maximum absolute atomic E-state index is 11.3. The summed E-state index contributed by atoms with van der Waals surface area (Å²) in [5, 5.41) is 297. The lowest BCUT2D eigenvalue weighted by Crippen LogP contribution is -1.96. The summed E-state index contributed by atoms with van der Waals surface area (Å²) < 4.78 is 55.3. The summed E-state index contributed by atoms with van der Waals surface area (Å²) in [5.74, 6) is -46.0. The number of aromatic hydroxyl groups is 28. The number of hydrogen-bond acceptors (Lipinski definition) is 38. The van der Waals surface area contributed by atoms with Crippen LogP contribution in [-0.2, 0) is 0 Å². The van der Waals surface area contributed by atoms with Gasteiger partial charge in [0.2, 0.25) is 109 Å². The smallest absolute Gasteiger partial charge is 0.215 e. The van der Waals surface area contributed by atoms with Gasteiger partial charge in [-0.2, -0.15) is 0 Å².